The highest BCUT2D eigenvalue weighted by atomic mass is 19.1. The normalized spacial score (nSPS) is 15.6. The van der Waals surface area contributed by atoms with E-state index in [2.05, 4.69) is 0 Å². The first-order valence-electron chi connectivity index (χ1n) is 5.78. The summed E-state index contributed by atoms with van der Waals surface area (Å²) < 4.78 is 23.3. The average molecular weight is 255 g/mol. The molecule has 0 aliphatic carbocycles. The molecule has 0 heterocycles. The molecule has 2 N–H and O–H groups in total. The first kappa shape index (κ1) is 14.4. The maximum atomic E-state index is 12.7. The SMILES string of the molecule is C[C@H](N)C(=O)O[C@@H](C)[C@@H](C)Oc1ccc(F)cc1. The Hall–Kier alpha value is -1.62. The molecule has 1 aromatic rings. The van der Waals surface area contributed by atoms with E-state index in [1.54, 1.807) is 20.8 Å². The van der Waals surface area contributed by atoms with Gasteiger partial charge in [-0.05, 0) is 45.0 Å². The van der Waals surface area contributed by atoms with Gasteiger partial charge in [-0.15, -0.1) is 0 Å². The van der Waals surface area contributed by atoms with Crippen LogP contribution in [0.15, 0.2) is 24.3 Å². The fourth-order valence-electron chi connectivity index (χ4n) is 1.21. The van der Waals surface area contributed by atoms with Crippen molar-refractivity contribution >= 4 is 5.97 Å². The molecule has 3 atom stereocenters. The van der Waals surface area contributed by atoms with E-state index in [0.717, 1.165) is 0 Å². The molecular formula is C13H18FNO3. The molecule has 0 spiro atoms. The third-order valence-corrected chi connectivity index (χ3v) is 2.47. The number of ether oxygens (including phenoxy) is 2. The van der Waals surface area contributed by atoms with Crippen LogP contribution in [0.5, 0.6) is 5.75 Å². The van der Waals surface area contributed by atoms with Crippen molar-refractivity contribution in [2.24, 2.45) is 5.73 Å². The van der Waals surface area contributed by atoms with E-state index in [1.165, 1.54) is 24.3 Å². The molecule has 0 amide bonds. The van der Waals surface area contributed by atoms with Gasteiger partial charge in [-0.3, -0.25) is 4.79 Å². The standard InChI is InChI=1S/C13H18FNO3/c1-8(15)13(16)18-10(3)9(2)17-12-6-4-11(14)5-7-12/h4-10H,15H2,1-3H3/t8-,9+,10-/m0/s1. The fraction of sp³-hybridized carbons (Fsp3) is 0.462. The van der Waals surface area contributed by atoms with Crippen LogP contribution >= 0.6 is 0 Å². The number of halogens is 1. The molecule has 5 heteroatoms. The van der Waals surface area contributed by atoms with Gasteiger partial charge in [0.1, 0.15) is 29.8 Å². The average Bonchev–Trinajstić information content (AvgIpc) is 2.31. The highest BCUT2D eigenvalue weighted by Crippen LogP contribution is 2.15. The lowest BCUT2D eigenvalue weighted by Gasteiger charge is -2.22. The maximum Gasteiger partial charge on any atom is 0.323 e. The quantitative estimate of drug-likeness (QED) is 0.816. The smallest absolute Gasteiger partial charge is 0.323 e. The van der Waals surface area contributed by atoms with Crippen LogP contribution in [-0.4, -0.2) is 24.2 Å². The fourth-order valence-corrected chi connectivity index (χ4v) is 1.21. The second-order valence-corrected chi connectivity index (χ2v) is 4.21. The first-order valence-corrected chi connectivity index (χ1v) is 5.78. The maximum absolute atomic E-state index is 12.7. The number of nitrogens with two attached hydrogens (primary N) is 1. The van der Waals surface area contributed by atoms with Crippen LogP contribution in [-0.2, 0) is 9.53 Å². The third kappa shape index (κ3) is 4.33. The van der Waals surface area contributed by atoms with Crippen LogP contribution in [0.1, 0.15) is 20.8 Å². The van der Waals surface area contributed by atoms with Gasteiger partial charge in [-0.25, -0.2) is 4.39 Å². The zero-order chi connectivity index (χ0) is 13.7. The minimum absolute atomic E-state index is 0.327. The van der Waals surface area contributed by atoms with Crippen molar-refractivity contribution in [2.75, 3.05) is 0 Å². The van der Waals surface area contributed by atoms with Gasteiger partial charge in [-0.1, -0.05) is 0 Å². The van der Waals surface area contributed by atoms with Crippen molar-refractivity contribution in [1.29, 1.82) is 0 Å². The Kier molecular flexibility index (Phi) is 5.09. The van der Waals surface area contributed by atoms with E-state index in [9.17, 15) is 9.18 Å². The summed E-state index contributed by atoms with van der Waals surface area (Å²) in [7, 11) is 0. The van der Waals surface area contributed by atoms with Crippen LogP contribution in [0.25, 0.3) is 0 Å². The summed E-state index contributed by atoms with van der Waals surface area (Å²) in [5.74, 6) is -0.281. The molecule has 0 aliphatic heterocycles. The van der Waals surface area contributed by atoms with Gasteiger partial charge in [-0.2, -0.15) is 0 Å². The van der Waals surface area contributed by atoms with E-state index in [-0.39, 0.29) is 11.9 Å². The summed E-state index contributed by atoms with van der Waals surface area (Å²) in [5.41, 5.74) is 5.40. The lowest BCUT2D eigenvalue weighted by Crippen LogP contribution is -2.37. The Morgan fingerprint density at radius 3 is 2.22 bits per heavy atom. The number of carbonyl (C=O) groups excluding carboxylic acids is 1. The van der Waals surface area contributed by atoms with E-state index in [0.29, 0.717) is 5.75 Å². The monoisotopic (exact) mass is 255 g/mol. The summed E-state index contributed by atoms with van der Waals surface area (Å²) >= 11 is 0. The number of rotatable bonds is 5. The summed E-state index contributed by atoms with van der Waals surface area (Å²) in [6, 6.07) is 4.99. The Balaban J connectivity index is 2.51. The summed E-state index contributed by atoms with van der Waals surface area (Å²) in [5, 5.41) is 0. The van der Waals surface area contributed by atoms with Crippen LogP contribution in [0.4, 0.5) is 4.39 Å². The number of benzene rings is 1. The van der Waals surface area contributed by atoms with Gasteiger partial charge < -0.3 is 15.2 Å². The van der Waals surface area contributed by atoms with E-state index >= 15 is 0 Å². The van der Waals surface area contributed by atoms with Gasteiger partial charge in [0, 0.05) is 0 Å². The lowest BCUT2D eigenvalue weighted by molar-refractivity contribution is -0.153. The van der Waals surface area contributed by atoms with E-state index in [1.807, 2.05) is 0 Å². The van der Waals surface area contributed by atoms with Crippen molar-refractivity contribution in [2.45, 2.75) is 39.0 Å². The summed E-state index contributed by atoms with van der Waals surface area (Å²) in [6.07, 6.45) is -0.785. The second-order valence-electron chi connectivity index (χ2n) is 4.21. The molecule has 100 valence electrons. The first-order chi connectivity index (χ1) is 8.40. The molecular weight excluding hydrogens is 237 g/mol. The number of carbonyl (C=O) groups is 1. The van der Waals surface area contributed by atoms with Crippen molar-refractivity contribution in [3.05, 3.63) is 30.1 Å². The highest BCUT2D eigenvalue weighted by molar-refractivity contribution is 5.75. The number of hydrogen-bond acceptors (Lipinski definition) is 4. The van der Waals surface area contributed by atoms with Gasteiger partial charge in [0.2, 0.25) is 0 Å². The number of esters is 1. The molecule has 0 bridgehead atoms. The van der Waals surface area contributed by atoms with Crippen LogP contribution in [0.2, 0.25) is 0 Å². The van der Waals surface area contributed by atoms with Crippen molar-refractivity contribution in [3.8, 4) is 5.75 Å². The highest BCUT2D eigenvalue weighted by Gasteiger charge is 2.20. The van der Waals surface area contributed by atoms with Crippen LogP contribution in [0, 0.1) is 5.82 Å². The van der Waals surface area contributed by atoms with E-state index < -0.39 is 18.1 Å². The molecule has 4 nitrogen and oxygen atoms in total. The molecule has 0 aromatic heterocycles. The predicted octanol–water partition coefficient (Wildman–Crippen LogP) is 1.87. The van der Waals surface area contributed by atoms with Crippen molar-refractivity contribution in [1.82, 2.24) is 0 Å². The molecule has 0 radical (unpaired) electrons. The third-order valence-electron chi connectivity index (χ3n) is 2.47. The predicted molar refractivity (Wildman–Crippen MR) is 65.7 cm³/mol. The summed E-state index contributed by atoms with van der Waals surface area (Å²) in [6.45, 7) is 5.04. The molecule has 1 rings (SSSR count). The topological polar surface area (TPSA) is 61.6 Å². The van der Waals surface area contributed by atoms with Crippen LogP contribution < -0.4 is 10.5 Å². The van der Waals surface area contributed by atoms with E-state index in [4.69, 9.17) is 15.2 Å². The minimum Gasteiger partial charge on any atom is -0.487 e. The molecule has 0 saturated carbocycles. The lowest BCUT2D eigenvalue weighted by atomic mass is 10.2. The van der Waals surface area contributed by atoms with Gasteiger partial charge in [0.25, 0.3) is 0 Å². The largest absolute Gasteiger partial charge is 0.487 e. The zero-order valence-electron chi connectivity index (χ0n) is 10.7. The van der Waals surface area contributed by atoms with Crippen molar-refractivity contribution < 1.29 is 18.7 Å². The molecule has 0 unspecified atom stereocenters. The zero-order valence-corrected chi connectivity index (χ0v) is 10.7. The number of hydrogen-bond donors (Lipinski definition) is 1. The Bertz CT molecular complexity index is 392. The molecule has 1 aromatic carbocycles. The minimum atomic E-state index is -0.662. The Morgan fingerprint density at radius 2 is 1.72 bits per heavy atom. The second kappa shape index (κ2) is 6.35. The Morgan fingerprint density at radius 1 is 1.17 bits per heavy atom. The van der Waals surface area contributed by atoms with Gasteiger partial charge in [0.15, 0.2) is 0 Å². The molecule has 0 saturated heterocycles. The van der Waals surface area contributed by atoms with Crippen LogP contribution in [0.3, 0.4) is 0 Å². The van der Waals surface area contributed by atoms with Crippen molar-refractivity contribution in [3.63, 3.8) is 0 Å². The molecule has 0 fully saturated rings. The molecule has 18 heavy (non-hydrogen) atoms. The summed E-state index contributed by atoms with van der Waals surface area (Å²) in [4.78, 5) is 11.3. The van der Waals surface area contributed by atoms with Gasteiger partial charge >= 0.3 is 5.97 Å². The molecule has 0 aliphatic rings. The Labute approximate surface area is 106 Å². The van der Waals surface area contributed by atoms with Gasteiger partial charge in [0.05, 0.1) is 0 Å².